The molecule has 7 heteroatoms. The molecule has 0 aromatic heterocycles. The summed E-state index contributed by atoms with van der Waals surface area (Å²) in [5.41, 5.74) is -1.51. The quantitative estimate of drug-likeness (QED) is 0.813. The van der Waals surface area contributed by atoms with Crippen LogP contribution in [0.1, 0.15) is 36.7 Å². The number of carbonyl (C=O) groups is 2. The number of hydrogen-bond donors (Lipinski definition) is 1. The minimum Gasteiger partial charge on any atom is -0.462 e. The average molecular weight is 334 g/mol. The molecule has 1 aromatic rings. The molecule has 0 spiro atoms. The number of nitrogens with one attached hydrogen (secondary N) is 1. The molecular formula is C15H18ClF2NO3. The van der Waals surface area contributed by atoms with Gasteiger partial charge in [-0.3, -0.25) is 4.79 Å². The molecule has 0 heterocycles. The third-order valence-corrected chi connectivity index (χ3v) is 3.35. The lowest BCUT2D eigenvalue weighted by molar-refractivity contribution is -0.130. The summed E-state index contributed by atoms with van der Waals surface area (Å²) in [5, 5.41) is 2.36. The fourth-order valence-corrected chi connectivity index (χ4v) is 1.82. The first-order valence-electron chi connectivity index (χ1n) is 6.72. The summed E-state index contributed by atoms with van der Waals surface area (Å²) >= 11 is 5.81. The lowest BCUT2D eigenvalue weighted by Gasteiger charge is -2.19. The highest BCUT2D eigenvalue weighted by atomic mass is 35.5. The maximum absolute atomic E-state index is 14.3. The van der Waals surface area contributed by atoms with E-state index in [1.807, 2.05) is 0 Å². The van der Waals surface area contributed by atoms with Crippen LogP contribution in [0, 0.1) is 11.2 Å². The number of hydrogen-bond acceptors (Lipinski definition) is 3. The Hall–Kier alpha value is -1.69. The van der Waals surface area contributed by atoms with Crippen molar-refractivity contribution in [1.29, 1.82) is 0 Å². The van der Waals surface area contributed by atoms with E-state index in [0.717, 1.165) is 0 Å². The molecule has 0 aliphatic heterocycles. The van der Waals surface area contributed by atoms with Gasteiger partial charge in [0.25, 0.3) is 0 Å². The molecule has 0 bridgehead atoms. The van der Waals surface area contributed by atoms with E-state index < -0.39 is 29.8 Å². The second kappa shape index (κ2) is 7.54. The fourth-order valence-electron chi connectivity index (χ4n) is 1.60. The minimum atomic E-state index is -1.20. The Morgan fingerprint density at radius 2 is 2.00 bits per heavy atom. The van der Waals surface area contributed by atoms with Crippen molar-refractivity contribution in [2.75, 3.05) is 13.3 Å². The van der Waals surface area contributed by atoms with E-state index in [2.05, 4.69) is 5.32 Å². The number of rotatable bonds is 6. The number of carbonyl (C=O) groups excluding carboxylic acids is 2. The molecule has 1 N–H and O–H groups in total. The van der Waals surface area contributed by atoms with Crippen LogP contribution in [-0.2, 0) is 16.1 Å². The molecule has 22 heavy (non-hydrogen) atoms. The molecule has 0 saturated heterocycles. The second-order valence-corrected chi connectivity index (χ2v) is 5.72. The van der Waals surface area contributed by atoms with Gasteiger partial charge in [0.1, 0.15) is 18.1 Å². The molecule has 0 fully saturated rings. The first kappa shape index (κ1) is 18.4. The average Bonchev–Trinajstić information content (AvgIpc) is 2.46. The van der Waals surface area contributed by atoms with Crippen molar-refractivity contribution < 1.29 is 23.1 Å². The van der Waals surface area contributed by atoms with Crippen molar-refractivity contribution in [2.45, 2.75) is 27.3 Å². The molecule has 4 nitrogen and oxygen atoms in total. The molecule has 1 aromatic carbocycles. The summed E-state index contributed by atoms with van der Waals surface area (Å²) in [6.07, 6.45) is 0. The predicted molar refractivity (Wildman–Crippen MR) is 79.0 cm³/mol. The van der Waals surface area contributed by atoms with Gasteiger partial charge in [0.05, 0.1) is 17.0 Å². The van der Waals surface area contributed by atoms with E-state index in [9.17, 15) is 18.4 Å². The molecule has 1 rings (SSSR count). The van der Waals surface area contributed by atoms with Crippen LogP contribution in [0.2, 0.25) is 5.02 Å². The second-order valence-electron chi connectivity index (χ2n) is 5.32. The van der Waals surface area contributed by atoms with Crippen LogP contribution in [0.15, 0.2) is 12.1 Å². The Morgan fingerprint density at radius 1 is 1.36 bits per heavy atom. The number of amides is 1. The van der Waals surface area contributed by atoms with E-state index in [-0.39, 0.29) is 29.3 Å². The van der Waals surface area contributed by atoms with E-state index >= 15 is 0 Å². The number of ether oxygens (including phenoxy) is 1. The van der Waals surface area contributed by atoms with Gasteiger partial charge in [-0.15, -0.1) is 0 Å². The highest BCUT2D eigenvalue weighted by Gasteiger charge is 2.28. The molecule has 0 atom stereocenters. The number of alkyl halides is 1. The van der Waals surface area contributed by atoms with Crippen LogP contribution in [-0.4, -0.2) is 25.2 Å². The van der Waals surface area contributed by atoms with E-state index in [1.54, 1.807) is 6.92 Å². The van der Waals surface area contributed by atoms with Gasteiger partial charge in [0.15, 0.2) is 0 Å². The zero-order valence-electron chi connectivity index (χ0n) is 12.6. The van der Waals surface area contributed by atoms with Gasteiger partial charge in [0.2, 0.25) is 5.91 Å². The van der Waals surface area contributed by atoms with E-state index in [0.29, 0.717) is 0 Å². The van der Waals surface area contributed by atoms with Crippen molar-refractivity contribution in [3.05, 3.63) is 34.1 Å². The van der Waals surface area contributed by atoms with Gasteiger partial charge in [0, 0.05) is 12.1 Å². The van der Waals surface area contributed by atoms with Gasteiger partial charge in [-0.05, 0) is 26.8 Å². The zero-order chi connectivity index (χ0) is 16.9. The largest absolute Gasteiger partial charge is 0.462 e. The summed E-state index contributed by atoms with van der Waals surface area (Å²) in [5.74, 6) is -2.28. The highest BCUT2D eigenvalue weighted by molar-refractivity contribution is 6.33. The monoisotopic (exact) mass is 333 g/mol. The van der Waals surface area contributed by atoms with Crippen molar-refractivity contribution >= 4 is 23.5 Å². The van der Waals surface area contributed by atoms with Gasteiger partial charge < -0.3 is 10.1 Å². The first-order valence-corrected chi connectivity index (χ1v) is 7.10. The number of halogens is 3. The summed E-state index contributed by atoms with van der Waals surface area (Å²) in [4.78, 5) is 23.5. The first-order chi connectivity index (χ1) is 10.2. The Morgan fingerprint density at radius 3 is 2.55 bits per heavy atom. The smallest absolute Gasteiger partial charge is 0.342 e. The Bertz CT molecular complexity index is 576. The molecule has 122 valence electrons. The third-order valence-electron chi connectivity index (χ3n) is 3.04. The maximum Gasteiger partial charge on any atom is 0.342 e. The van der Waals surface area contributed by atoms with Gasteiger partial charge >= 0.3 is 5.97 Å². The van der Waals surface area contributed by atoms with E-state index in [4.69, 9.17) is 16.3 Å². The highest BCUT2D eigenvalue weighted by Crippen LogP contribution is 2.24. The minimum absolute atomic E-state index is 0.0652. The van der Waals surface area contributed by atoms with E-state index in [1.165, 1.54) is 26.0 Å². The lowest BCUT2D eigenvalue weighted by atomic mass is 9.94. The van der Waals surface area contributed by atoms with Crippen LogP contribution in [0.4, 0.5) is 8.78 Å². The Kier molecular flexibility index (Phi) is 6.29. The molecule has 1 amide bonds. The lowest BCUT2D eigenvalue weighted by Crippen LogP contribution is -2.38. The summed E-state index contributed by atoms with van der Waals surface area (Å²) in [6, 6.07) is 2.70. The van der Waals surface area contributed by atoms with Gasteiger partial charge in [-0.1, -0.05) is 17.7 Å². The van der Waals surface area contributed by atoms with Crippen LogP contribution in [0.5, 0.6) is 0 Å². The van der Waals surface area contributed by atoms with Crippen molar-refractivity contribution in [2.24, 2.45) is 5.41 Å². The molecular weight excluding hydrogens is 316 g/mol. The van der Waals surface area contributed by atoms with Gasteiger partial charge in [-0.2, -0.15) is 0 Å². The summed E-state index contributed by atoms with van der Waals surface area (Å²) in [7, 11) is 0. The standard InChI is InChI=1S/C15H18ClF2NO3/c1-4-22-13(20)11-10(16)6-5-9(12(11)18)7-19-14(21)15(2,3)8-17/h5-6H,4,7-8H2,1-3H3,(H,19,21). The molecule has 0 saturated carbocycles. The molecule has 0 aliphatic rings. The van der Waals surface area contributed by atoms with Crippen molar-refractivity contribution in [3.63, 3.8) is 0 Å². The van der Waals surface area contributed by atoms with Crippen molar-refractivity contribution in [1.82, 2.24) is 5.32 Å². The summed E-state index contributed by atoms with van der Waals surface area (Å²) < 4.78 is 31.8. The third kappa shape index (κ3) is 4.16. The maximum atomic E-state index is 14.3. The number of esters is 1. The normalized spacial score (nSPS) is 11.2. The predicted octanol–water partition coefficient (Wildman–Crippen LogP) is 3.27. The Labute approximate surface area is 132 Å². The van der Waals surface area contributed by atoms with Crippen LogP contribution >= 0.6 is 11.6 Å². The van der Waals surface area contributed by atoms with Crippen LogP contribution in [0.25, 0.3) is 0 Å². The number of benzene rings is 1. The van der Waals surface area contributed by atoms with Crippen LogP contribution < -0.4 is 5.32 Å². The molecule has 0 radical (unpaired) electrons. The fraction of sp³-hybridized carbons (Fsp3) is 0.467. The Balaban J connectivity index is 2.96. The van der Waals surface area contributed by atoms with Gasteiger partial charge in [-0.25, -0.2) is 13.6 Å². The zero-order valence-corrected chi connectivity index (χ0v) is 13.4. The van der Waals surface area contributed by atoms with Crippen molar-refractivity contribution in [3.8, 4) is 0 Å². The molecule has 0 unspecified atom stereocenters. The molecule has 0 aliphatic carbocycles. The summed E-state index contributed by atoms with van der Waals surface area (Å²) in [6.45, 7) is 3.52. The SMILES string of the molecule is CCOC(=O)c1c(Cl)ccc(CNC(=O)C(C)(C)CF)c1F. The van der Waals surface area contributed by atoms with Crippen LogP contribution in [0.3, 0.4) is 0 Å². The topological polar surface area (TPSA) is 55.4 Å².